The van der Waals surface area contributed by atoms with E-state index in [2.05, 4.69) is 11.8 Å². The summed E-state index contributed by atoms with van der Waals surface area (Å²) in [6.45, 7) is 4.20. The molecule has 3 nitrogen and oxygen atoms in total. The molecule has 2 rings (SSSR count). The Bertz CT molecular complexity index is 484. The van der Waals surface area contributed by atoms with Crippen molar-refractivity contribution in [2.24, 2.45) is 5.92 Å². The fourth-order valence-electron chi connectivity index (χ4n) is 2.63. The number of nitriles is 1. The van der Waals surface area contributed by atoms with Crippen LogP contribution in [0.2, 0.25) is 0 Å². The number of aliphatic hydroxyl groups excluding tert-OH is 1. The summed E-state index contributed by atoms with van der Waals surface area (Å²) in [5, 5.41) is 18.6. The van der Waals surface area contributed by atoms with Crippen LogP contribution in [0.1, 0.15) is 30.9 Å². The second-order valence-corrected chi connectivity index (χ2v) is 5.18. The van der Waals surface area contributed by atoms with E-state index >= 15 is 0 Å². The predicted molar refractivity (Wildman–Crippen MR) is 70.8 cm³/mol. The van der Waals surface area contributed by atoms with Crippen molar-refractivity contribution in [1.29, 1.82) is 5.26 Å². The number of hydrogen-bond donors (Lipinski definition) is 1. The van der Waals surface area contributed by atoms with Gasteiger partial charge in [0.2, 0.25) is 0 Å². The molecule has 4 heteroatoms. The van der Waals surface area contributed by atoms with Crippen LogP contribution in [0.4, 0.5) is 4.39 Å². The highest BCUT2D eigenvalue weighted by Crippen LogP contribution is 2.22. The van der Waals surface area contributed by atoms with Crippen molar-refractivity contribution in [2.45, 2.75) is 32.4 Å². The van der Waals surface area contributed by atoms with Crippen molar-refractivity contribution in [3.63, 3.8) is 0 Å². The molecule has 0 bridgehead atoms. The second-order valence-electron chi connectivity index (χ2n) is 5.18. The van der Waals surface area contributed by atoms with Crippen LogP contribution >= 0.6 is 0 Å². The Morgan fingerprint density at radius 2 is 2.32 bits per heavy atom. The van der Waals surface area contributed by atoms with Crippen LogP contribution in [-0.4, -0.2) is 29.2 Å². The van der Waals surface area contributed by atoms with Gasteiger partial charge in [0.1, 0.15) is 5.82 Å². The van der Waals surface area contributed by atoms with Gasteiger partial charge in [-0.1, -0.05) is 13.0 Å². The molecule has 0 aliphatic carbocycles. The summed E-state index contributed by atoms with van der Waals surface area (Å²) < 4.78 is 13.8. The van der Waals surface area contributed by atoms with E-state index in [1.165, 1.54) is 6.07 Å². The number of hydrogen-bond acceptors (Lipinski definition) is 3. The molecule has 102 valence electrons. The van der Waals surface area contributed by atoms with Crippen LogP contribution in [0.3, 0.4) is 0 Å². The van der Waals surface area contributed by atoms with Gasteiger partial charge in [0, 0.05) is 25.2 Å². The summed E-state index contributed by atoms with van der Waals surface area (Å²) in [6, 6.07) is 6.54. The minimum Gasteiger partial charge on any atom is -0.393 e. The highest BCUT2D eigenvalue weighted by Gasteiger charge is 2.26. The predicted octanol–water partition coefficient (Wildman–Crippen LogP) is 2.29. The topological polar surface area (TPSA) is 47.3 Å². The van der Waals surface area contributed by atoms with Crippen LogP contribution < -0.4 is 0 Å². The fraction of sp³-hybridized carbons (Fsp3) is 0.533. The molecule has 1 aromatic carbocycles. The molecule has 1 fully saturated rings. The highest BCUT2D eigenvalue weighted by atomic mass is 19.1. The summed E-state index contributed by atoms with van der Waals surface area (Å²) >= 11 is 0. The van der Waals surface area contributed by atoms with Crippen molar-refractivity contribution in [3.05, 3.63) is 35.1 Å². The molecule has 0 aromatic heterocycles. The van der Waals surface area contributed by atoms with Crippen LogP contribution in [0.25, 0.3) is 0 Å². The first-order valence-electron chi connectivity index (χ1n) is 6.73. The van der Waals surface area contributed by atoms with Crippen LogP contribution in [0.15, 0.2) is 18.2 Å². The zero-order valence-electron chi connectivity index (χ0n) is 11.1. The standard InChI is InChI=1S/C15H19FN2O/c1-2-12-9-18(6-5-15(12)19)10-13-4-3-11(8-17)7-14(13)16/h3-4,7,12,15,19H,2,5-6,9-10H2,1H3. The van der Waals surface area contributed by atoms with E-state index in [-0.39, 0.29) is 17.8 Å². The third-order valence-corrected chi connectivity index (χ3v) is 3.88. The van der Waals surface area contributed by atoms with Gasteiger partial charge < -0.3 is 5.11 Å². The summed E-state index contributed by atoms with van der Waals surface area (Å²) in [5.74, 6) is -0.0478. The van der Waals surface area contributed by atoms with Gasteiger partial charge in [-0.2, -0.15) is 5.26 Å². The third kappa shape index (κ3) is 3.31. The lowest BCUT2D eigenvalue weighted by Gasteiger charge is -2.35. The number of benzene rings is 1. The number of nitrogens with zero attached hydrogens (tertiary/aromatic N) is 2. The van der Waals surface area contributed by atoms with Crippen molar-refractivity contribution in [2.75, 3.05) is 13.1 Å². The fourth-order valence-corrected chi connectivity index (χ4v) is 2.63. The van der Waals surface area contributed by atoms with Gasteiger partial charge in [-0.15, -0.1) is 0 Å². The number of piperidine rings is 1. The number of aliphatic hydroxyl groups is 1. The van der Waals surface area contributed by atoms with Crippen molar-refractivity contribution < 1.29 is 9.50 Å². The van der Waals surface area contributed by atoms with E-state index in [1.54, 1.807) is 12.1 Å². The van der Waals surface area contributed by atoms with Crippen LogP contribution in [-0.2, 0) is 6.54 Å². The quantitative estimate of drug-likeness (QED) is 0.909. The monoisotopic (exact) mass is 262 g/mol. The van der Waals surface area contributed by atoms with Gasteiger partial charge in [0.15, 0.2) is 0 Å². The Morgan fingerprint density at radius 3 is 2.95 bits per heavy atom. The SMILES string of the molecule is CCC1CN(Cc2ccc(C#N)cc2F)CCC1O. The number of halogens is 1. The van der Waals surface area contributed by atoms with Gasteiger partial charge in [-0.3, -0.25) is 4.90 Å². The van der Waals surface area contributed by atoms with Crippen molar-refractivity contribution >= 4 is 0 Å². The Labute approximate surface area is 113 Å². The Balaban J connectivity index is 2.04. The average molecular weight is 262 g/mol. The lowest BCUT2D eigenvalue weighted by molar-refractivity contribution is 0.0218. The van der Waals surface area contributed by atoms with Gasteiger partial charge in [0.05, 0.1) is 17.7 Å². The molecule has 1 saturated heterocycles. The molecule has 0 spiro atoms. The maximum absolute atomic E-state index is 13.8. The van der Waals surface area contributed by atoms with E-state index in [9.17, 15) is 9.50 Å². The summed E-state index contributed by atoms with van der Waals surface area (Å²) in [5.41, 5.74) is 0.965. The molecule has 2 atom stereocenters. The maximum atomic E-state index is 13.8. The molecule has 0 radical (unpaired) electrons. The molecule has 2 unspecified atom stereocenters. The Hall–Kier alpha value is -1.44. The van der Waals surface area contributed by atoms with Crippen molar-refractivity contribution in [1.82, 2.24) is 4.90 Å². The van der Waals surface area contributed by atoms with Crippen LogP contribution in [0.5, 0.6) is 0 Å². The largest absolute Gasteiger partial charge is 0.393 e. The highest BCUT2D eigenvalue weighted by molar-refractivity contribution is 5.32. The Kier molecular flexibility index (Phi) is 4.52. The zero-order valence-corrected chi connectivity index (χ0v) is 11.1. The van der Waals surface area contributed by atoms with E-state index in [0.29, 0.717) is 17.7 Å². The first kappa shape index (κ1) is 14.0. The lowest BCUT2D eigenvalue weighted by atomic mass is 9.92. The van der Waals surface area contributed by atoms with Gasteiger partial charge in [0.25, 0.3) is 0 Å². The summed E-state index contributed by atoms with van der Waals surface area (Å²) in [6.07, 6.45) is 1.45. The summed E-state index contributed by atoms with van der Waals surface area (Å²) in [7, 11) is 0. The zero-order chi connectivity index (χ0) is 13.8. The molecule has 1 N–H and O–H groups in total. The third-order valence-electron chi connectivity index (χ3n) is 3.88. The molecule has 0 amide bonds. The maximum Gasteiger partial charge on any atom is 0.129 e. The number of rotatable bonds is 3. The van der Waals surface area contributed by atoms with E-state index in [0.717, 1.165) is 25.9 Å². The lowest BCUT2D eigenvalue weighted by Crippen LogP contribution is -2.42. The molecule has 1 aliphatic heterocycles. The molecule has 1 heterocycles. The minimum atomic E-state index is -0.321. The van der Waals surface area contributed by atoms with Gasteiger partial charge >= 0.3 is 0 Å². The van der Waals surface area contributed by atoms with Crippen LogP contribution in [0, 0.1) is 23.1 Å². The first-order chi connectivity index (χ1) is 9.13. The smallest absolute Gasteiger partial charge is 0.129 e. The second kappa shape index (κ2) is 6.14. The van der Waals surface area contributed by atoms with E-state index in [4.69, 9.17) is 5.26 Å². The average Bonchev–Trinajstić information content (AvgIpc) is 2.43. The summed E-state index contributed by atoms with van der Waals surface area (Å²) in [4.78, 5) is 2.17. The minimum absolute atomic E-state index is 0.230. The van der Waals surface area contributed by atoms with Gasteiger partial charge in [-0.25, -0.2) is 4.39 Å². The molecular weight excluding hydrogens is 243 g/mol. The van der Waals surface area contributed by atoms with Crippen molar-refractivity contribution in [3.8, 4) is 6.07 Å². The van der Waals surface area contributed by atoms with Gasteiger partial charge in [-0.05, 0) is 30.9 Å². The normalized spacial score (nSPS) is 24.1. The Morgan fingerprint density at radius 1 is 1.53 bits per heavy atom. The van der Waals surface area contributed by atoms with E-state index in [1.807, 2.05) is 6.07 Å². The molecule has 0 saturated carbocycles. The first-order valence-corrected chi connectivity index (χ1v) is 6.73. The molecular formula is C15H19FN2O. The molecule has 1 aliphatic rings. The van der Waals surface area contributed by atoms with E-state index < -0.39 is 0 Å². The molecule has 19 heavy (non-hydrogen) atoms. The molecule has 1 aromatic rings. The number of likely N-dealkylation sites (tertiary alicyclic amines) is 1.